The van der Waals surface area contributed by atoms with E-state index in [1.54, 1.807) is 6.92 Å². The third-order valence-electron chi connectivity index (χ3n) is 1.80. The van der Waals surface area contributed by atoms with Crippen molar-refractivity contribution in [1.82, 2.24) is 0 Å². The highest BCUT2D eigenvalue weighted by molar-refractivity contribution is 6.00. The molecule has 2 nitrogen and oxygen atoms in total. The van der Waals surface area contributed by atoms with Crippen LogP contribution in [-0.2, 0) is 9.59 Å². The minimum absolute atomic E-state index is 0.0805. The highest BCUT2D eigenvalue weighted by atomic mass is 16.1. The Bertz CT molecular complexity index is 157. The minimum Gasteiger partial charge on any atom is -0.299 e. The molecule has 0 amide bonds. The Hall–Kier alpha value is -0.660. The first-order valence-electron chi connectivity index (χ1n) is 3.78. The van der Waals surface area contributed by atoms with Gasteiger partial charge in [0.2, 0.25) is 0 Å². The number of rotatable bonds is 4. The molecule has 56 valence electrons. The molecule has 0 saturated heterocycles. The lowest BCUT2D eigenvalue weighted by atomic mass is 10.1. The Morgan fingerprint density at radius 3 is 2.40 bits per heavy atom. The molecule has 1 aliphatic carbocycles. The SMILES string of the molecule is CCC(=O)CC(=O)C1CC1. The molecule has 0 aliphatic heterocycles. The van der Waals surface area contributed by atoms with Crippen molar-refractivity contribution in [1.29, 1.82) is 0 Å². The lowest BCUT2D eigenvalue weighted by Gasteiger charge is -1.93. The van der Waals surface area contributed by atoms with Crippen molar-refractivity contribution in [2.75, 3.05) is 0 Å². The fraction of sp³-hybridized carbons (Fsp3) is 0.750. The second-order valence-corrected chi connectivity index (χ2v) is 2.81. The molecule has 0 heterocycles. The summed E-state index contributed by atoms with van der Waals surface area (Å²) in [5.74, 6) is 0.485. The molecule has 1 aliphatic rings. The molecule has 1 fully saturated rings. The molecule has 10 heavy (non-hydrogen) atoms. The minimum atomic E-state index is 0.0805. The Labute approximate surface area is 60.6 Å². The molecule has 0 bridgehead atoms. The number of hydrogen-bond donors (Lipinski definition) is 0. The molecule has 2 heteroatoms. The number of carbonyl (C=O) groups excluding carboxylic acids is 2. The number of ketones is 2. The van der Waals surface area contributed by atoms with Gasteiger partial charge in [-0.1, -0.05) is 6.92 Å². The van der Waals surface area contributed by atoms with Gasteiger partial charge in [-0.3, -0.25) is 9.59 Å². The van der Waals surface area contributed by atoms with Crippen LogP contribution in [-0.4, -0.2) is 11.6 Å². The average molecular weight is 140 g/mol. The lowest BCUT2D eigenvalue weighted by molar-refractivity contribution is -0.127. The van der Waals surface area contributed by atoms with Crippen LogP contribution in [0.25, 0.3) is 0 Å². The van der Waals surface area contributed by atoms with Crippen molar-refractivity contribution in [2.24, 2.45) is 5.92 Å². The quantitative estimate of drug-likeness (QED) is 0.552. The van der Waals surface area contributed by atoms with Gasteiger partial charge in [0.25, 0.3) is 0 Å². The van der Waals surface area contributed by atoms with Crippen LogP contribution in [0.4, 0.5) is 0 Å². The number of hydrogen-bond acceptors (Lipinski definition) is 2. The summed E-state index contributed by atoms with van der Waals surface area (Å²) in [5.41, 5.74) is 0. The maximum absolute atomic E-state index is 11.0. The van der Waals surface area contributed by atoms with Crippen molar-refractivity contribution in [2.45, 2.75) is 32.6 Å². The van der Waals surface area contributed by atoms with Gasteiger partial charge in [0, 0.05) is 12.3 Å². The van der Waals surface area contributed by atoms with Gasteiger partial charge in [0.1, 0.15) is 11.6 Å². The van der Waals surface area contributed by atoms with Gasteiger partial charge in [0.15, 0.2) is 0 Å². The first-order valence-corrected chi connectivity index (χ1v) is 3.78. The van der Waals surface area contributed by atoms with E-state index < -0.39 is 0 Å². The fourth-order valence-electron chi connectivity index (χ4n) is 0.869. The van der Waals surface area contributed by atoms with Gasteiger partial charge in [-0.05, 0) is 12.8 Å². The summed E-state index contributed by atoms with van der Waals surface area (Å²) in [5, 5.41) is 0. The summed E-state index contributed by atoms with van der Waals surface area (Å²) in [6.45, 7) is 1.79. The summed E-state index contributed by atoms with van der Waals surface area (Å²) in [4.78, 5) is 21.7. The molecule has 0 atom stereocenters. The average Bonchev–Trinajstić information content (AvgIpc) is 2.68. The summed E-state index contributed by atoms with van der Waals surface area (Å²) in [6.07, 6.45) is 2.70. The van der Waals surface area contributed by atoms with E-state index in [4.69, 9.17) is 0 Å². The monoisotopic (exact) mass is 140 g/mol. The van der Waals surface area contributed by atoms with Crippen molar-refractivity contribution in [3.63, 3.8) is 0 Å². The standard InChI is InChI=1S/C8H12O2/c1-2-7(9)5-8(10)6-3-4-6/h6H,2-5H2,1H3. The van der Waals surface area contributed by atoms with Gasteiger partial charge in [-0.15, -0.1) is 0 Å². The molecule has 0 unspecified atom stereocenters. The number of Topliss-reactive ketones (excluding diaryl/α,β-unsaturated/α-hetero) is 2. The van der Waals surface area contributed by atoms with Crippen LogP contribution in [0.1, 0.15) is 32.6 Å². The zero-order valence-corrected chi connectivity index (χ0v) is 6.22. The Morgan fingerprint density at radius 2 is 2.00 bits per heavy atom. The van der Waals surface area contributed by atoms with Gasteiger partial charge in [-0.2, -0.15) is 0 Å². The maximum Gasteiger partial charge on any atom is 0.143 e. The van der Waals surface area contributed by atoms with Gasteiger partial charge in [-0.25, -0.2) is 0 Å². The molecular formula is C8H12O2. The van der Waals surface area contributed by atoms with Crippen LogP contribution in [0.15, 0.2) is 0 Å². The van der Waals surface area contributed by atoms with Crippen molar-refractivity contribution >= 4 is 11.6 Å². The van der Waals surface area contributed by atoms with E-state index in [9.17, 15) is 9.59 Å². The molecule has 0 N–H and O–H groups in total. The van der Waals surface area contributed by atoms with Crippen LogP contribution in [0.3, 0.4) is 0 Å². The molecule has 0 aromatic carbocycles. The van der Waals surface area contributed by atoms with Crippen LogP contribution < -0.4 is 0 Å². The molecule has 0 aromatic rings. The van der Waals surface area contributed by atoms with Crippen LogP contribution in [0.2, 0.25) is 0 Å². The molecule has 0 aromatic heterocycles. The predicted octanol–water partition coefficient (Wildman–Crippen LogP) is 1.33. The summed E-state index contributed by atoms with van der Waals surface area (Å²) >= 11 is 0. The van der Waals surface area contributed by atoms with E-state index >= 15 is 0 Å². The van der Waals surface area contributed by atoms with Crippen molar-refractivity contribution in [3.05, 3.63) is 0 Å². The van der Waals surface area contributed by atoms with Crippen LogP contribution in [0.5, 0.6) is 0 Å². The second-order valence-electron chi connectivity index (χ2n) is 2.81. The van der Waals surface area contributed by atoms with Crippen molar-refractivity contribution < 1.29 is 9.59 Å². The lowest BCUT2D eigenvalue weighted by Crippen LogP contribution is -2.07. The van der Waals surface area contributed by atoms with E-state index in [0.717, 1.165) is 12.8 Å². The highest BCUT2D eigenvalue weighted by Crippen LogP contribution is 2.30. The molecule has 1 rings (SSSR count). The molecule has 1 saturated carbocycles. The summed E-state index contributed by atoms with van der Waals surface area (Å²) < 4.78 is 0. The van der Waals surface area contributed by atoms with E-state index in [2.05, 4.69) is 0 Å². The normalized spacial score (nSPS) is 16.9. The zero-order chi connectivity index (χ0) is 7.56. The summed E-state index contributed by atoms with van der Waals surface area (Å²) in [7, 11) is 0. The van der Waals surface area contributed by atoms with E-state index in [1.807, 2.05) is 0 Å². The largest absolute Gasteiger partial charge is 0.299 e. The van der Waals surface area contributed by atoms with Crippen LogP contribution in [0, 0.1) is 5.92 Å². The Morgan fingerprint density at radius 1 is 1.40 bits per heavy atom. The third-order valence-corrected chi connectivity index (χ3v) is 1.80. The zero-order valence-electron chi connectivity index (χ0n) is 6.22. The first-order chi connectivity index (χ1) is 4.74. The first kappa shape index (κ1) is 7.45. The van der Waals surface area contributed by atoms with Gasteiger partial charge < -0.3 is 0 Å². The Balaban J connectivity index is 2.23. The van der Waals surface area contributed by atoms with Gasteiger partial charge >= 0.3 is 0 Å². The number of carbonyl (C=O) groups is 2. The maximum atomic E-state index is 11.0. The molecule has 0 radical (unpaired) electrons. The van der Waals surface area contributed by atoms with E-state index in [1.165, 1.54) is 0 Å². The third kappa shape index (κ3) is 1.94. The van der Waals surface area contributed by atoms with E-state index in [0.29, 0.717) is 6.42 Å². The fourth-order valence-corrected chi connectivity index (χ4v) is 0.869. The molecule has 0 spiro atoms. The van der Waals surface area contributed by atoms with Gasteiger partial charge in [0.05, 0.1) is 6.42 Å². The topological polar surface area (TPSA) is 34.1 Å². The van der Waals surface area contributed by atoms with Crippen LogP contribution >= 0.6 is 0 Å². The smallest absolute Gasteiger partial charge is 0.143 e. The highest BCUT2D eigenvalue weighted by Gasteiger charge is 2.29. The predicted molar refractivity (Wildman–Crippen MR) is 37.6 cm³/mol. The summed E-state index contributed by atoms with van der Waals surface area (Å²) in [6, 6.07) is 0. The molecular weight excluding hydrogens is 128 g/mol. The van der Waals surface area contributed by atoms with E-state index in [-0.39, 0.29) is 23.9 Å². The second kappa shape index (κ2) is 2.95. The Kier molecular flexibility index (Phi) is 2.20. The van der Waals surface area contributed by atoms with Crippen molar-refractivity contribution in [3.8, 4) is 0 Å².